The highest BCUT2D eigenvalue weighted by Gasteiger charge is 2.55. The van der Waals surface area contributed by atoms with Gasteiger partial charge in [-0.2, -0.15) is 4.98 Å². The summed E-state index contributed by atoms with van der Waals surface area (Å²) < 4.78 is 23.5. The van der Waals surface area contributed by atoms with Crippen molar-refractivity contribution in [1.29, 1.82) is 0 Å². The number of carbonyl (C=O) groups excluding carboxylic acids is 4. The predicted molar refractivity (Wildman–Crippen MR) is 206 cm³/mol. The molecule has 0 aromatic carbocycles. The number of aromatic nitrogens is 2. The van der Waals surface area contributed by atoms with E-state index in [0.717, 1.165) is 31.3 Å². The molecule has 0 bridgehead atoms. The summed E-state index contributed by atoms with van der Waals surface area (Å²) in [6, 6.07) is 1.70. The quantitative estimate of drug-likeness (QED) is 0.199. The number of piperazine rings is 1. The number of hydrogen-bond donors (Lipinski definition) is 0. The molecule has 0 radical (unpaired) electrons. The number of hydrogen-bond acceptors (Lipinski definition) is 12. The van der Waals surface area contributed by atoms with Crippen molar-refractivity contribution in [2.75, 3.05) is 68.8 Å². The summed E-state index contributed by atoms with van der Waals surface area (Å²) in [4.78, 5) is 73.2. The first-order valence-electron chi connectivity index (χ1n) is 20.1. The van der Waals surface area contributed by atoms with Gasteiger partial charge in [0.25, 0.3) is 0 Å². The first-order valence-corrected chi connectivity index (χ1v) is 20.1. The molecule has 55 heavy (non-hydrogen) atoms. The highest BCUT2D eigenvalue weighted by atomic mass is 16.7. The first kappa shape index (κ1) is 40.7. The normalized spacial score (nSPS) is 23.5. The number of ketones is 2. The SMILES string of the molecule is CC1=C=CCCC(C(=O)c2cc(N3CCN(C(=O)OC(C)(C)C)C4(CC4)C3)nc(N3CCCN(C(=O)OC(C)(C)C)CC3)n2)C(=O)C2(CCCC1)OCCO2. The Hall–Kier alpha value is -4.00. The van der Waals surface area contributed by atoms with Crippen LogP contribution in [0.3, 0.4) is 0 Å². The molecule has 4 fully saturated rings. The molecule has 14 heteroatoms. The monoisotopic (exact) mass is 764 g/mol. The molecule has 6 rings (SSSR count). The van der Waals surface area contributed by atoms with E-state index in [0.29, 0.717) is 96.5 Å². The molecule has 4 heterocycles. The maximum absolute atomic E-state index is 14.8. The van der Waals surface area contributed by atoms with Crippen LogP contribution in [0.2, 0.25) is 0 Å². The number of rotatable bonds is 4. The Labute approximate surface area is 325 Å². The maximum atomic E-state index is 14.8. The van der Waals surface area contributed by atoms with Crippen LogP contribution in [0.15, 0.2) is 23.4 Å². The minimum Gasteiger partial charge on any atom is -0.444 e. The molecule has 1 aromatic rings. The molecule has 5 aliphatic rings. The molecule has 2 spiro atoms. The fourth-order valence-corrected chi connectivity index (χ4v) is 7.83. The van der Waals surface area contributed by atoms with E-state index in [-0.39, 0.29) is 30.1 Å². The van der Waals surface area contributed by atoms with Gasteiger partial charge in [-0.25, -0.2) is 14.6 Å². The standard InChI is InChI=1S/C41H60N6O8/c1-29-13-8-9-15-30(34(49)41(16-11-10-14-29)52-25-26-53-41)33(48)31-27-32(46-23-24-47(40(28-46)17-18-40)37(51)55-39(5,6)7)43-35(42-31)44-19-12-20-45(22-21-44)36(50)54-38(2,3)4/h8,27,30H,9-12,14-26,28H2,1-7H3. The van der Waals surface area contributed by atoms with Gasteiger partial charge >= 0.3 is 12.2 Å². The molecule has 3 aliphatic heterocycles. The summed E-state index contributed by atoms with van der Waals surface area (Å²) >= 11 is 0. The summed E-state index contributed by atoms with van der Waals surface area (Å²) in [6.07, 6.45) is 7.07. The van der Waals surface area contributed by atoms with Crippen molar-refractivity contribution in [3.8, 4) is 0 Å². The Morgan fingerprint density at radius 3 is 2.22 bits per heavy atom. The van der Waals surface area contributed by atoms with Crippen LogP contribution in [0.25, 0.3) is 0 Å². The molecule has 1 aromatic heterocycles. The van der Waals surface area contributed by atoms with Crippen molar-refractivity contribution in [2.24, 2.45) is 5.92 Å². The number of amides is 2. The zero-order valence-corrected chi connectivity index (χ0v) is 33.9. The van der Waals surface area contributed by atoms with Crippen molar-refractivity contribution >= 4 is 35.5 Å². The molecule has 302 valence electrons. The maximum Gasteiger partial charge on any atom is 0.410 e. The molecule has 1 unspecified atom stereocenters. The number of nitrogens with zero attached hydrogens (tertiary/aromatic N) is 6. The van der Waals surface area contributed by atoms with E-state index in [1.54, 1.807) is 11.0 Å². The zero-order chi connectivity index (χ0) is 39.6. The highest BCUT2D eigenvalue weighted by Crippen LogP contribution is 2.46. The van der Waals surface area contributed by atoms with Crippen LogP contribution in [0, 0.1) is 5.92 Å². The Morgan fingerprint density at radius 2 is 1.53 bits per heavy atom. The van der Waals surface area contributed by atoms with Gasteiger partial charge in [-0.15, -0.1) is 5.73 Å². The van der Waals surface area contributed by atoms with Gasteiger partial charge < -0.3 is 33.6 Å². The van der Waals surface area contributed by atoms with E-state index >= 15 is 0 Å². The van der Waals surface area contributed by atoms with Gasteiger partial charge in [0, 0.05) is 58.3 Å². The number of allylic oxidation sites excluding steroid dienone is 1. The third-order valence-corrected chi connectivity index (χ3v) is 10.8. The first-order chi connectivity index (χ1) is 26.0. The van der Waals surface area contributed by atoms with Crippen molar-refractivity contribution in [2.45, 2.75) is 129 Å². The largest absolute Gasteiger partial charge is 0.444 e. The van der Waals surface area contributed by atoms with Crippen LogP contribution in [-0.4, -0.2) is 125 Å². The van der Waals surface area contributed by atoms with E-state index in [1.807, 2.05) is 64.3 Å². The van der Waals surface area contributed by atoms with Crippen molar-refractivity contribution in [3.63, 3.8) is 0 Å². The van der Waals surface area contributed by atoms with Gasteiger partial charge in [0.15, 0.2) is 5.78 Å². The molecule has 2 amide bonds. The Balaban J connectivity index is 1.33. The van der Waals surface area contributed by atoms with Crippen LogP contribution in [-0.2, 0) is 23.7 Å². The predicted octanol–water partition coefficient (Wildman–Crippen LogP) is 6.08. The van der Waals surface area contributed by atoms with Crippen LogP contribution in [0.5, 0.6) is 0 Å². The summed E-state index contributed by atoms with van der Waals surface area (Å²) in [5.41, 5.74) is 2.99. The van der Waals surface area contributed by atoms with Crippen LogP contribution in [0.4, 0.5) is 21.4 Å². The van der Waals surface area contributed by atoms with Gasteiger partial charge in [-0.3, -0.25) is 14.5 Å². The molecule has 3 saturated heterocycles. The smallest absolute Gasteiger partial charge is 0.410 e. The Bertz CT molecular complexity index is 1680. The molecule has 1 atom stereocenters. The lowest BCUT2D eigenvalue weighted by molar-refractivity contribution is -0.186. The second kappa shape index (κ2) is 16.2. The zero-order valence-electron chi connectivity index (χ0n) is 33.9. The number of ether oxygens (including phenoxy) is 4. The lowest BCUT2D eigenvalue weighted by Crippen LogP contribution is -2.58. The van der Waals surface area contributed by atoms with Gasteiger partial charge in [-0.1, -0.05) is 0 Å². The van der Waals surface area contributed by atoms with E-state index in [4.69, 9.17) is 28.9 Å². The number of Topliss-reactive ketones (excluding diaryl/α,β-unsaturated/α-hetero) is 2. The Morgan fingerprint density at radius 1 is 0.836 bits per heavy atom. The minimum atomic E-state index is -1.47. The summed E-state index contributed by atoms with van der Waals surface area (Å²) in [5.74, 6) is -2.38. The Kier molecular flexibility index (Phi) is 12.0. The summed E-state index contributed by atoms with van der Waals surface area (Å²) in [5, 5.41) is 0. The van der Waals surface area contributed by atoms with Crippen molar-refractivity contribution in [3.05, 3.63) is 29.1 Å². The van der Waals surface area contributed by atoms with Crippen LogP contribution in [0.1, 0.15) is 117 Å². The molecule has 2 aliphatic carbocycles. The van der Waals surface area contributed by atoms with Crippen molar-refractivity contribution < 1.29 is 38.1 Å². The number of anilines is 2. The van der Waals surface area contributed by atoms with Gasteiger partial charge in [0.1, 0.15) is 22.7 Å². The fraction of sp³-hybridized carbons (Fsp3) is 0.732. The topological polar surface area (TPSA) is 144 Å². The van der Waals surface area contributed by atoms with E-state index in [9.17, 15) is 19.2 Å². The van der Waals surface area contributed by atoms with Crippen LogP contribution < -0.4 is 9.80 Å². The highest BCUT2D eigenvalue weighted by molar-refractivity contribution is 6.12. The minimum absolute atomic E-state index is 0.141. The summed E-state index contributed by atoms with van der Waals surface area (Å²) in [7, 11) is 0. The second-order valence-corrected chi connectivity index (χ2v) is 17.6. The lowest BCUT2D eigenvalue weighted by atomic mass is 9.85. The third kappa shape index (κ3) is 9.88. The van der Waals surface area contributed by atoms with Crippen molar-refractivity contribution in [1.82, 2.24) is 19.8 Å². The lowest BCUT2D eigenvalue weighted by Gasteiger charge is -2.43. The molecule has 14 nitrogen and oxygen atoms in total. The average molecular weight is 765 g/mol. The second-order valence-electron chi connectivity index (χ2n) is 17.6. The third-order valence-electron chi connectivity index (χ3n) is 10.8. The molecule has 1 saturated carbocycles. The fourth-order valence-electron chi connectivity index (χ4n) is 7.83. The van der Waals surface area contributed by atoms with E-state index < -0.39 is 34.2 Å². The molecule has 0 N–H and O–H groups in total. The average Bonchev–Trinajstić information content (AvgIpc) is 3.78. The van der Waals surface area contributed by atoms with Gasteiger partial charge in [-0.05, 0) is 111 Å². The van der Waals surface area contributed by atoms with Crippen LogP contribution >= 0.6 is 0 Å². The molecular weight excluding hydrogens is 704 g/mol. The summed E-state index contributed by atoms with van der Waals surface area (Å²) in [6.45, 7) is 17.1. The van der Waals surface area contributed by atoms with E-state index in [2.05, 4.69) is 10.6 Å². The number of carbonyl (C=O) groups is 4. The van der Waals surface area contributed by atoms with Gasteiger partial charge in [0.2, 0.25) is 17.5 Å². The molecular formula is C41H60N6O8. The van der Waals surface area contributed by atoms with Gasteiger partial charge in [0.05, 0.1) is 24.7 Å². The van der Waals surface area contributed by atoms with E-state index in [1.165, 1.54) is 0 Å².